The van der Waals surface area contributed by atoms with Crippen LogP contribution in [0.15, 0.2) is 55.0 Å². The van der Waals surface area contributed by atoms with E-state index in [1.54, 1.807) is 24.4 Å². The second-order valence-electron chi connectivity index (χ2n) is 5.07. The van der Waals surface area contributed by atoms with E-state index in [1.807, 2.05) is 29.9 Å². The van der Waals surface area contributed by atoms with Crippen molar-refractivity contribution in [2.45, 2.75) is 6.04 Å². The van der Waals surface area contributed by atoms with Gasteiger partial charge in [-0.3, -0.25) is 0 Å². The van der Waals surface area contributed by atoms with Crippen molar-refractivity contribution in [3.63, 3.8) is 0 Å². The van der Waals surface area contributed by atoms with Crippen molar-refractivity contribution < 1.29 is 4.39 Å². The zero-order valence-corrected chi connectivity index (χ0v) is 12.4. The summed E-state index contributed by atoms with van der Waals surface area (Å²) in [4.78, 5) is 8.56. The third-order valence-corrected chi connectivity index (χ3v) is 3.48. The minimum atomic E-state index is -0.355. The van der Waals surface area contributed by atoms with Gasteiger partial charge in [-0.1, -0.05) is 12.1 Å². The lowest BCUT2D eigenvalue weighted by Crippen LogP contribution is -2.17. The molecule has 0 fully saturated rings. The monoisotopic (exact) mass is 307 g/mol. The van der Waals surface area contributed by atoms with Crippen molar-refractivity contribution in [1.82, 2.24) is 14.5 Å². The van der Waals surface area contributed by atoms with Crippen molar-refractivity contribution in [2.24, 2.45) is 7.05 Å². The average Bonchev–Trinajstić information content (AvgIpc) is 2.99. The van der Waals surface area contributed by atoms with Crippen LogP contribution >= 0.6 is 0 Å². The van der Waals surface area contributed by atoms with Crippen LogP contribution in [0.3, 0.4) is 0 Å². The maximum Gasteiger partial charge on any atom is 0.135 e. The second kappa shape index (κ2) is 6.28. The molecule has 1 unspecified atom stereocenters. The van der Waals surface area contributed by atoms with Crippen LogP contribution in [0.5, 0.6) is 0 Å². The number of nitrogens with one attached hydrogen (secondary N) is 1. The smallest absolute Gasteiger partial charge is 0.135 e. The summed E-state index contributed by atoms with van der Waals surface area (Å²) >= 11 is 0. The number of hydrogen-bond acceptors (Lipinski definition) is 4. The van der Waals surface area contributed by atoms with Crippen LogP contribution in [0.2, 0.25) is 0 Å². The molecule has 0 bridgehead atoms. The lowest BCUT2D eigenvalue weighted by atomic mass is 10.1. The van der Waals surface area contributed by atoms with Gasteiger partial charge in [0.2, 0.25) is 0 Å². The first-order chi connectivity index (χ1) is 11.2. The van der Waals surface area contributed by atoms with E-state index in [0.29, 0.717) is 11.4 Å². The van der Waals surface area contributed by atoms with Crippen molar-refractivity contribution in [3.05, 3.63) is 77.8 Å². The fourth-order valence-electron chi connectivity index (χ4n) is 2.33. The van der Waals surface area contributed by atoms with Gasteiger partial charge in [-0.15, -0.1) is 0 Å². The van der Waals surface area contributed by atoms with Crippen LogP contribution in [0, 0.1) is 17.1 Å². The molecule has 6 heteroatoms. The van der Waals surface area contributed by atoms with Crippen LogP contribution in [-0.4, -0.2) is 14.5 Å². The Morgan fingerprint density at radius 1 is 1.26 bits per heavy atom. The summed E-state index contributed by atoms with van der Waals surface area (Å²) in [5.74, 6) is 1.01. The number of imidazole rings is 1. The van der Waals surface area contributed by atoms with Crippen molar-refractivity contribution in [1.29, 1.82) is 5.26 Å². The highest BCUT2D eigenvalue weighted by Gasteiger charge is 2.19. The molecular formula is C17H14FN5. The quantitative estimate of drug-likeness (QED) is 0.804. The lowest BCUT2D eigenvalue weighted by molar-refractivity contribution is 0.622. The van der Waals surface area contributed by atoms with Gasteiger partial charge in [0.25, 0.3) is 0 Å². The third kappa shape index (κ3) is 3.19. The maximum absolute atomic E-state index is 13.6. The van der Waals surface area contributed by atoms with E-state index in [0.717, 1.165) is 11.4 Å². The van der Waals surface area contributed by atoms with E-state index in [2.05, 4.69) is 15.3 Å². The van der Waals surface area contributed by atoms with E-state index in [9.17, 15) is 4.39 Å². The molecule has 3 aromatic rings. The molecular weight excluding hydrogens is 293 g/mol. The fourth-order valence-corrected chi connectivity index (χ4v) is 2.33. The highest BCUT2D eigenvalue weighted by molar-refractivity contribution is 5.44. The highest BCUT2D eigenvalue weighted by Crippen LogP contribution is 2.25. The summed E-state index contributed by atoms with van der Waals surface area (Å²) in [5.41, 5.74) is 1.22. The molecule has 0 aliphatic heterocycles. The fraction of sp³-hybridized carbons (Fsp3) is 0.118. The first-order valence-electron chi connectivity index (χ1n) is 7.03. The maximum atomic E-state index is 13.6. The summed E-state index contributed by atoms with van der Waals surface area (Å²) in [6, 6.07) is 11.4. The minimum absolute atomic E-state index is 0.309. The molecule has 23 heavy (non-hydrogen) atoms. The number of pyridine rings is 1. The van der Waals surface area contributed by atoms with Crippen LogP contribution in [0.25, 0.3) is 0 Å². The Hall–Kier alpha value is -3.20. The van der Waals surface area contributed by atoms with Crippen LogP contribution in [0.1, 0.15) is 23.0 Å². The third-order valence-electron chi connectivity index (χ3n) is 3.48. The Morgan fingerprint density at radius 2 is 2.13 bits per heavy atom. The standard InChI is InChI=1S/C17H14FN5/c1-23-8-7-20-17(23)16(13-3-2-4-14(18)9-13)22-15-6-5-12(10-19)11-21-15/h2-9,11,16H,1H3,(H,21,22). The molecule has 0 radical (unpaired) electrons. The SMILES string of the molecule is Cn1ccnc1C(Nc1ccc(C#N)cn1)c1cccc(F)c1. The molecule has 0 amide bonds. The molecule has 0 saturated carbocycles. The van der Waals surface area contributed by atoms with Gasteiger partial charge >= 0.3 is 0 Å². The second-order valence-corrected chi connectivity index (χ2v) is 5.07. The van der Waals surface area contributed by atoms with Crippen LogP contribution in [-0.2, 0) is 7.05 Å². The molecule has 0 saturated heterocycles. The molecule has 2 heterocycles. The Bertz CT molecular complexity index is 848. The number of nitriles is 1. The van der Waals surface area contributed by atoms with Gasteiger partial charge < -0.3 is 9.88 Å². The van der Waals surface area contributed by atoms with Gasteiger partial charge in [0.1, 0.15) is 29.6 Å². The molecule has 114 valence electrons. The lowest BCUT2D eigenvalue weighted by Gasteiger charge is -2.19. The summed E-state index contributed by atoms with van der Waals surface area (Å²) in [7, 11) is 1.88. The Morgan fingerprint density at radius 3 is 2.74 bits per heavy atom. The van der Waals surface area contributed by atoms with E-state index in [1.165, 1.54) is 18.3 Å². The van der Waals surface area contributed by atoms with E-state index in [4.69, 9.17) is 5.26 Å². The zero-order chi connectivity index (χ0) is 16.2. The predicted octanol–water partition coefficient (Wildman–Crippen LogP) is 3.03. The number of halogens is 1. The molecule has 5 nitrogen and oxygen atoms in total. The molecule has 1 aromatic carbocycles. The largest absolute Gasteiger partial charge is 0.356 e. The van der Waals surface area contributed by atoms with Crippen molar-refractivity contribution in [3.8, 4) is 6.07 Å². The molecule has 3 rings (SSSR count). The number of nitrogens with zero attached hydrogens (tertiary/aromatic N) is 4. The van der Waals surface area contributed by atoms with Gasteiger partial charge in [-0.25, -0.2) is 14.4 Å². The molecule has 0 spiro atoms. The number of anilines is 1. The number of hydrogen-bond donors (Lipinski definition) is 1. The van der Waals surface area contributed by atoms with E-state index in [-0.39, 0.29) is 11.9 Å². The van der Waals surface area contributed by atoms with Crippen LogP contribution < -0.4 is 5.32 Å². The van der Waals surface area contributed by atoms with Gasteiger partial charge in [-0.2, -0.15) is 5.26 Å². The summed E-state index contributed by atoms with van der Waals surface area (Å²) in [6.45, 7) is 0. The van der Waals surface area contributed by atoms with Crippen molar-refractivity contribution >= 4 is 5.82 Å². The predicted molar refractivity (Wildman–Crippen MR) is 84.0 cm³/mol. The molecule has 0 aliphatic carbocycles. The van der Waals surface area contributed by atoms with Gasteiger partial charge in [0.15, 0.2) is 0 Å². The molecule has 1 N–H and O–H groups in total. The molecule has 1 atom stereocenters. The van der Waals surface area contributed by atoms with E-state index < -0.39 is 0 Å². The first kappa shape index (κ1) is 14.7. The normalized spacial score (nSPS) is 11.7. The minimum Gasteiger partial charge on any atom is -0.356 e. The average molecular weight is 307 g/mol. The van der Waals surface area contributed by atoms with Gasteiger partial charge in [0.05, 0.1) is 5.56 Å². The Balaban J connectivity index is 1.98. The summed E-state index contributed by atoms with van der Waals surface area (Å²) in [6.07, 6.45) is 5.01. The topological polar surface area (TPSA) is 66.5 Å². The number of benzene rings is 1. The van der Waals surface area contributed by atoms with E-state index >= 15 is 0 Å². The van der Waals surface area contributed by atoms with Gasteiger partial charge in [-0.05, 0) is 29.8 Å². The van der Waals surface area contributed by atoms with Crippen molar-refractivity contribution in [2.75, 3.05) is 5.32 Å². The summed E-state index contributed by atoms with van der Waals surface area (Å²) in [5, 5.41) is 12.1. The van der Waals surface area contributed by atoms with Gasteiger partial charge in [0, 0.05) is 25.6 Å². The number of rotatable bonds is 4. The van der Waals surface area contributed by atoms with Crippen LogP contribution in [0.4, 0.5) is 10.2 Å². The Labute approximate surface area is 133 Å². The molecule has 0 aliphatic rings. The number of aromatic nitrogens is 3. The molecule has 2 aromatic heterocycles. The Kier molecular flexibility index (Phi) is 4.02. The zero-order valence-electron chi connectivity index (χ0n) is 12.4. The number of aryl methyl sites for hydroxylation is 1. The summed E-state index contributed by atoms with van der Waals surface area (Å²) < 4.78 is 15.5. The highest BCUT2D eigenvalue weighted by atomic mass is 19.1. The first-order valence-corrected chi connectivity index (χ1v) is 7.03.